The quantitative estimate of drug-likeness (QED) is 0.817. The van der Waals surface area contributed by atoms with E-state index in [1.807, 2.05) is 6.92 Å². The van der Waals surface area contributed by atoms with Gasteiger partial charge in [-0.25, -0.2) is 8.78 Å². The Labute approximate surface area is 118 Å². The van der Waals surface area contributed by atoms with E-state index in [1.54, 1.807) is 0 Å². The molecule has 0 saturated carbocycles. The first-order valence-electron chi connectivity index (χ1n) is 6.09. The van der Waals surface area contributed by atoms with E-state index in [0.29, 0.717) is 12.8 Å². The van der Waals surface area contributed by atoms with Crippen LogP contribution in [-0.2, 0) is 4.79 Å². The topological polar surface area (TPSA) is 41.1 Å². The lowest BCUT2D eigenvalue weighted by atomic mass is 9.80. The monoisotopic (exact) mass is 332 g/mol. The molecule has 0 aromatic heterocycles. The fourth-order valence-electron chi connectivity index (χ4n) is 2.10. The second kappa shape index (κ2) is 5.54. The number of amides is 1. The Bertz CT molecular complexity index is 502. The minimum Gasteiger partial charge on any atom is -0.323 e. The largest absolute Gasteiger partial charge is 0.323 e. The molecule has 1 fully saturated rings. The second-order valence-electron chi connectivity index (χ2n) is 5.01. The van der Waals surface area contributed by atoms with Crippen molar-refractivity contribution in [3.05, 3.63) is 28.2 Å². The van der Waals surface area contributed by atoms with E-state index in [4.69, 9.17) is 0 Å². The molecule has 1 aliphatic rings. The van der Waals surface area contributed by atoms with Crippen molar-refractivity contribution < 1.29 is 13.6 Å². The summed E-state index contributed by atoms with van der Waals surface area (Å²) in [5, 5.41) is 5.73. The highest BCUT2D eigenvalue weighted by atomic mass is 79.9. The maximum Gasteiger partial charge on any atom is 0.230 e. The molecule has 1 heterocycles. The highest BCUT2D eigenvalue weighted by Crippen LogP contribution is 2.31. The summed E-state index contributed by atoms with van der Waals surface area (Å²) in [5.74, 6) is -1.69. The summed E-state index contributed by atoms with van der Waals surface area (Å²) in [6.45, 7) is 3.39. The maximum absolute atomic E-state index is 13.6. The minimum absolute atomic E-state index is 0.00182. The number of benzene rings is 1. The smallest absolute Gasteiger partial charge is 0.230 e. The average Bonchev–Trinajstić information content (AvgIpc) is 2.36. The zero-order valence-electron chi connectivity index (χ0n) is 10.5. The van der Waals surface area contributed by atoms with Crippen molar-refractivity contribution in [3.8, 4) is 0 Å². The van der Waals surface area contributed by atoms with Gasteiger partial charge in [0.25, 0.3) is 0 Å². The molecule has 1 amide bonds. The van der Waals surface area contributed by atoms with Gasteiger partial charge in [0.1, 0.15) is 11.6 Å². The van der Waals surface area contributed by atoms with Gasteiger partial charge in [-0.05, 0) is 47.9 Å². The van der Waals surface area contributed by atoms with E-state index in [9.17, 15) is 13.6 Å². The summed E-state index contributed by atoms with van der Waals surface area (Å²) in [6.07, 6.45) is 1.39. The van der Waals surface area contributed by atoms with Crippen LogP contribution in [0.5, 0.6) is 0 Å². The summed E-state index contributed by atoms with van der Waals surface area (Å²) in [6, 6.07) is 2.00. The van der Waals surface area contributed by atoms with Crippen LogP contribution >= 0.6 is 15.9 Å². The molecule has 19 heavy (non-hydrogen) atoms. The number of nitrogens with one attached hydrogen (secondary N) is 2. The molecule has 1 aromatic rings. The van der Waals surface area contributed by atoms with Crippen LogP contribution in [0.3, 0.4) is 0 Å². The van der Waals surface area contributed by atoms with Gasteiger partial charge >= 0.3 is 0 Å². The van der Waals surface area contributed by atoms with E-state index in [2.05, 4.69) is 26.6 Å². The van der Waals surface area contributed by atoms with Crippen molar-refractivity contribution in [1.29, 1.82) is 0 Å². The number of carbonyl (C=O) groups is 1. The Morgan fingerprint density at radius 1 is 1.32 bits per heavy atom. The number of piperidine rings is 1. The second-order valence-corrected chi connectivity index (χ2v) is 5.87. The van der Waals surface area contributed by atoms with Gasteiger partial charge in [-0.1, -0.05) is 6.92 Å². The van der Waals surface area contributed by atoms with Gasteiger partial charge in [-0.2, -0.15) is 0 Å². The van der Waals surface area contributed by atoms with Crippen LogP contribution in [0.25, 0.3) is 0 Å². The first-order chi connectivity index (χ1) is 8.92. The molecule has 104 valence electrons. The van der Waals surface area contributed by atoms with Crippen LogP contribution in [0.15, 0.2) is 16.6 Å². The molecule has 6 heteroatoms. The molecule has 2 rings (SSSR count). The Hall–Kier alpha value is -1.01. The molecule has 3 nitrogen and oxygen atoms in total. The number of rotatable bonds is 2. The van der Waals surface area contributed by atoms with Crippen LogP contribution < -0.4 is 10.6 Å². The van der Waals surface area contributed by atoms with Crippen molar-refractivity contribution in [1.82, 2.24) is 5.32 Å². The molecule has 1 aromatic carbocycles. The Morgan fingerprint density at radius 3 is 2.58 bits per heavy atom. The predicted molar refractivity (Wildman–Crippen MR) is 72.9 cm³/mol. The van der Waals surface area contributed by atoms with Crippen molar-refractivity contribution in [2.75, 3.05) is 18.4 Å². The summed E-state index contributed by atoms with van der Waals surface area (Å²) in [7, 11) is 0. The Morgan fingerprint density at radius 2 is 1.95 bits per heavy atom. The SMILES string of the molecule is CC1(C(=O)Nc2cc(Br)c(F)cc2F)CCNCC1. The number of hydrogen-bond donors (Lipinski definition) is 2. The molecule has 0 spiro atoms. The van der Waals surface area contributed by atoms with Gasteiger partial charge in [0.15, 0.2) is 0 Å². The first-order valence-corrected chi connectivity index (χ1v) is 6.88. The zero-order chi connectivity index (χ0) is 14.0. The van der Waals surface area contributed by atoms with Gasteiger partial charge in [-0.15, -0.1) is 0 Å². The number of anilines is 1. The molecule has 0 atom stereocenters. The summed E-state index contributed by atoms with van der Waals surface area (Å²) < 4.78 is 26.8. The fraction of sp³-hybridized carbons (Fsp3) is 0.462. The fourth-order valence-corrected chi connectivity index (χ4v) is 2.44. The van der Waals surface area contributed by atoms with E-state index in [0.717, 1.165) is 19.2 Å². The Balaban J connectivity index is 2.16. The lowest BCUT2D eigenvalue weighted by Crippen LogP contribution is -2.43. The third-order valence-electron chi connectivity index (χ3n) is 3.51. The van der Waals surface area contributed by atoms with Crippen molar-refractivity contribution in [3.63, 3.8) is 0 Å². The lowest BCUT2D eigenvalue weighted by molar-refractivity contribution is -0.126. The number of hydrogen-bond acceptors (Lipinski definition) is 2. The molecule has 0 bridgehead atoms. The summed E-state index contributed by atoms with van der Waals surface area (Å²) >= 11 is 2.98. The number of halogens is 3. The van der Waals surface area contributed by atoms with E-state index in [-0.39, 0.29) is 16.1 Å². The average molecular weight is 333 g/mol. The van der Waals surface area contributed by atoms with Gasteiger partial charge < -0.3 is 10.6 Å². The number of carbonyl (C=O) groups excluding carboxylic acids is 1. The van der Waals surface area contributed by atoms with Crippen LogP contribution in [0.1, 0.15) is 19.8 Å². The first kappa shape index (κ1) is 14.4. The normalized spacial score (nSPS) is 18.1. The van der Waals surface area contributed by atoms with Crippen molar-refractivity contribution >= 4 is 27.5 Å². The maximum atomic E-state index is 13.6. The van der Waals surface area contributed by atoms with Gasteiger partial charge in [0.05, 0.1) is 10.2 Å². The molecule has 2 N–H and O–H groups in total. The minimum atomic E-state index is -0.772. The zero-order valence-corrected chi connectivity index (χ0v) is 12.1. The van der Waals surface area contributed by atoms with Crippen LogP contribution in [0.2, 0.25) is 0 Å². The van der Waals surface area contributed by atoms with Crippen molar-refractivity contribution in [2.24, 2.45) is 5.41 Å². The molecule has 0 aliphatic carbocycles. The van der Waals surface area contributed by atoms with E-state index < -0.39 is 17.0 Å². The molecular formula is C13H15BrF2N2O. The van der Waals surface area contributed by atoms with Gasteiger partial charge in [0, 0.05) is 11.5 Å². The molecular weight excluding hydrogens is 318 g/mol. The van der Waals surface area contributed by atoms with E-state index in [1.165, 1.54) is 6.07 Å². The third-order valence-corrected chi connectivity index (χ3v) is 4.12. The molecule has 1 saturated heterocycles. The molecule has 1 aliphatic heterocycles. The van der Waals surface area contributed by atoms with Gasteiger partial charge in [-0.3, -0.25) is 4.79 Å². The van der Waals surface area contributed by atoms with E-state index >= 15 is 0 Å². The lowest BCUT2D eigenvalue weighted by Gasteiger charge is -2.32. The molecule has 0 radical (unpaired) electrons. The highest BCUT2D eigenvalue weighted by molar-refractivity contribution is 9.10. The van der Waals surface area contributed by atoms with Crippen LogP contribution in [0, 0.1) is 17.0 Å². The van der Waals surface area contributed by atoms with Gasteiger partial charge in [0.2, 0.25) is 5.91 Å². The summed E-state index contributed by atoms with van der Waals surface area (Å²) in [4.78, 5) is 12.2. The summed E-state index contributed by atoms with van der Waals surface area (Å²) in [5.41, 5.74) is -0.517. The van der Waals surface area contributed by atoms with Crippen molar-refractivity contribution in [2.45, 2.75) is 19.8 Å². The standard InChI is InChI=1S/C13H15BrF2N2O/c1-13(2-4-17-5-3-13)12(19)18-11-6-8(14)9(15)7-10(11)16/h6-7,17H,2-5H2,1H3,(H,18,19). The van der Waals surface area contributed by atoms with Crippen LogP contribution in [0.4, 0.5) is 14.5 Å². The Kier molecular flexibility index (Phi) is 4.20. The highest BCUT2D eigenvalue weighted by Gasteiger charge is 2.34. The third kappa shape index (κ3) is 3.12. The molecule has 0 unspecified atom stereocenters. The van der Waals surface area contributed by atoms with Crippen LogP contribution in [-0.4, -0.2) is 19.0 Å². The predicted octanol–water partition coefficient (Wildman–Crippen LogP) is 3.06.